The molecule has 1 N–H and O–H groups in total. The Hall–Kier alpha value is -1.82. The number of pyridine rings is 1. The first kappa shape index (κ1) is 19.0. The van der Waals surface area contributed by atoms with Crippen molar-refractivity contribution in [1.82, 2.24) is 15.2 Å². The summed E-state index contributed by atoms with van der Waals surface area (Å²) in [5.41, 5.74) is 2.10. The first-order chi connectivity index (χ1) is 12.2. The molecule has 1 saturated heterocycles. The first-order valence-electron chi connectivity index (χ1n) is 9.68. The summed E-state index contributed by atoms with van der Waals surface area (Å²) < 4.78 is 5.48. The van der Waals surface area contributed by atoms with E-state index < -0.39 is 5.60 Å². The standard InChI is InChI=1S/C20H32N4O2/c1-14(2)16-13-21-12-15-6-7-17(22-18(15)16)23-8-10-24(11-9-23)19(25)26-20(3,4)5/h6-7,14,16,21H,8-13H2,1-5H3. The average molecular weight is 361 g/mol. The number of hydrogen-bond acceptors (Lipinski definition) is 5. The fourth-order valence-corrected chi connectivity index (χ4v) is 3.59. The molecule has 6 nitrogen and oxygen atoms in total. The zero-order valence-corrected chi connectivity index (χ0v) is 16.7. The van der Waals surface area contributed by atoms with Gasteiger partial charge in [0.05, 0.1) is 5.69 Å². The third kappa shape index (κ3) is 4.29. The summed E-state index contributed by atoms with van der Waals surface area (Å²) in [7, 11) is 0. The molecule has 144 valence electrons. The van der Waals surface area contributed by atoms with Gasteiger partial charge in [0.2, 0.25) is 0 Å². The Bertz CT molecular complexity index is 646. The van der Waals surface area contributed by atoms with Crippen molar-refractivity contribution >= 4 is 11.9 Å². The molecule has 0 aromatic carbocycles. The first-order valence-corrected chi connectivity index (χ1v) is 9.68. The molecule has 1 amide bonds. The molecule has 3 heterocycles. The molecule has 1 fully saturated rings. The minimum atomic E-state index is -0.450. The zero-order chi connectivity index (χ0) is 18.9. The van der Waals surface area contributed by atoms with Crippen LogP contribution in [0.4, 0.5) is 10.6 Å². The van der Waals surface area contributed by atoms with Crippen LogP contribution in [0.5, 0.6) is 0 Å². The van der Waals surface area contributed by atoms with Gasteiger partial charge < -0.3 is 19.9 Å². The molecular weight excluding hydrogens is 328 g/mol. The summed E-state index contributed by atoms with van der Waals surface area (Å²) in [4.78, 5) is 21.3. The molecule has 0 saturated carbocycles. The van der Waals surface area contributed by atoms with Crippen LogP contribution in [-0.2, 0) is 11.3 Å². The van der Waals surface area contributed by atoms with E-state index in [4.69, 9.17) is 9.72 Å². The zero-order valence-electron chi connectivity index (χ0n) is 16.7. The lowest BCUT2D eigenvalue weighted by molar-refractivity contribution is 0.0240. The second-order valence-electron chi connectivity index (χ2n) is 8.65. The SMILES string of the molecule is CC(C)C1CNCc2ccc(N3CCN(C(=O)OC(C)(C)C)CC3)nc21. The third-order valence-corrected chi connectivity index (χ3v) is 5.09. The molecule has 2 aliphatic rings. The molecule has 1 atom stereocenters. The number of carbonyl (C=O) groups excluding carboxylic acids is 1. The quantitative estimate of drug-likeness (QED) is 0.879. The van der Waals surface area contributed by atoms with Crippen LogP contribution in [0.1, 0.15) is 51.8 Å². The molecule has 26 heavy (non-hydrogen) atoms. The maximum Gasteiger partial charge on any atom is 0.410 e. The number of carbonyl (C=O) groups is 1. The molecule has 0 spiro atoms. The van der Waals surface area contributed by atoms with E-state index >= 15 is 0 Å². The maximum atomic E-state index is 12.2. The lowest BCUT2D eigenvalue weighted by atomic mass is 9.87. The van der Waals surface area contributed by atoms with Gasteiger partial charge in [-0.3, -0.25) is 0 Å². The van der Waals surface area contributed by atoms with Crippen LogP contribution in [0.15, 0.2) is 12.1 Å². The highest BCUT2D eigenvalue weighted by atomic mass is 16.6. The molecular formula is C20H32N4O2. The average Bonchev–Trinajstić information content (AvgIpc) is 2.59. The van der Waals surface area contributed by atoms with Crippen molar-refractivity contribution in [1.29, 1.82) is 0 Å². The van der Waals surface area contributed by atoms with E-state index in [1.165, 1.54) is 11.3 Å². The second-order valence-corrected chi connectivity index (χ2v) is 8.65. The summed E-state index contributed by atoms with van der Waals surface area (Å²) >= 11 is 0. The van der Waals surface area contributed by atoms with Gasteiger partial charge in [0.25, 0.3) is 0 Å². The normalized spacial score (nSPS) is 20.9. The van der Waals surface area contributed by atoms with Crippen LogP contribution in [0.3, 0.4) is 0 Å². The lowest BCUT2D eigenvalue weighted by Crippen LogP contribution is -2.50. The number of hydrogen-bond donors (Lipinski definition) is 1. The summed E-state index contributed by atoms with van der Waals surface area (Å²) in [5, 5.41) is 3.50. The van der Waals surface area contributed by atoms with Crippen LogP contribution in [-0.4, -0.2) is 54.3 Å². The highest BCUT2D eigenvalue weighted by Gasteiger charge is 2.28. The van der Waals surface area contributed by atoms with E-state index in [0.717, 1.165) is 32.0 Å². The number of aromatic nitrogens is 1. The summed E-state index contributed by atoms with van der Waals surface area (Å²) in [6, 6.07) is 4.33. The van der Waals surface area contributed by atoms with E-state index in [2.05, 4.69) is 36.2 Å². The number of nitrogens with one attached hydrogen (secondary N) is 1. The molecule has 2 aliphatic heterocycles. The Morgan fingerprint density at radius 1 is 1.23 bits per heavy atom. The van der Waals surface area contributed by atoms with Gasteiger partial charge in [-0.1, -0.05) is 19.9 Å². The summed E-state index contributed by atoms with van der Waals surface area (Å²) in [6.07, 6.45) is -0.221. The molecule has 0 radical (unpaired) electrons. The van der Waals surface area contributed by atoms with E-state index in [1.807, 2.05) is 20.8 Å². The topological polar surface area (TPSA) is 57.7 Å². The fraction of sp³-hybridized carbons (Fsp3) is 0.700. The van der Waals surface area contributed by atoms with Crippen molar-refractivity contribution in [3.63, 3.8) is 0 Å². The van der Waals surface area contributed by atoms with Crippen molar-refractivity contribution in [2.45, 2.75) is 52.7 Å². The third-order valence-electron chi connectivity index (χ3n) is 5.09. The maximum absolute atomic E-state index is 12.2. The van der Waals surface area contributed by atoms with E-state index in [9.17, 15) is 4.79 Å². The van der Waals surface area contributed by atoms with Gasteiger partial charge in [0.15, 0.2) is 0 Å². The minimum Gasteiger partial charge on any atom is -0.444 e. The van der Waals surface area contributed by atoms with Crippen molar-refractivity contribution in [3.8, 4) is 0 Å². The Morgan fingerprint density at radius 2 is 1.92 bits per heavy atom. The largest absolute Gasteiger partial charge is 0.444 e. The van der Waals surface area contributed by atoms with Gasteiger partial charge in [-0.25, -0.2) is 9.78 Å². The molecule has 3 rings (SSSR count). The predicted molar refractivity (Wildman–Crippen MR) is 104 cm³/mol. The number of piperazine rings is 1. The minimum absolute atomic E-state index is 0.221. The van der Waals surface area contributed by atoms with Crippen LogP contribution in [0.25, 0.3) is 0 Å². The fourth-order valence-electron chi connectivity index (χ4n) is 3.59. The monoisotopic (exact) mass is 360 g/mol. The Balaban J connectivity index is 1.67. The van der Waals surface area contributed by atoms with Gasteiger partial charge in [-0.2, -0.15) is 0 Å². The van der Waals surface area contributed by atoms with Crippen molar-refractivity contribution in [2.24, 2.45) is 5.92 Å². The highest BCUT2D eigenvalue weighted by Crippen LogP contribution is 2.30. The number of nitrogens with zero attached hydrogens (tertiary/aromatic N) is 3. The predicted octanol–water partition coefficient (Wildman–Crippen LogP) is 2.98. The molecule has 1 unspecified atom stereocenters. The van der Waals surface area contributed by atoms with Crippen LogP contribution in [0.2, 0.25) is 0 Å². The summed E-state index contributed by atoms with van der Waals surface area (Å²) in [6.45, 7) is 15.0. The van der Waals surface area contributed by atoms with E-state index in [0.29, 0.717) is 24.9 Å². The molecule has 1 aromatic heterocycles. The lowest BCUT2D eigenvalue weighted by Gasteiger charge is -2.37. The van der Waals surface area contributed by atoms with Gasteiger partial charge in [-0.15, -0.1) is 0 Å². The number of fused-ring (bicyclic) bond motifs is 1. The number of rotatable bonds is 2. The smallest absolute Gasteiger partial charge is 0.410 e. The van der Waals surface area contributed by atoms with Crippen molar-refractivity contribution in [2.75, 3.05) is 37.6 Å². The van der Waals surface area contributed by atoms with Crippen LogP contribution < -0.4 is 10.2 Å². The van der Waals surface area contributed by atoms with E-state index in [-0.39, 0.29) is 6.09 Å². The number of anilines is 1. The van der Waals surface area contributed by atoms with Gasteiger partial charge in [0, 0.05) is 45.2 Å². The summed E-state index contributed by atoms with van der Waals surface area (Å²) in [5.74, 6) is 2.05. The number of ether oxygens (including phenoxy) is 1. The molecule has 6 heteroatoms. The second kappa shape index (κ2) is 7.43. The van der Waals surface area contributed by atoms with Crippen molar-refractivity contribution in [3.05, 3.63) is 23.4 Å². The Morgan fingerprint density at radius 3 is 2.54 bits per heavy atom. The Kier molecular flexibility index (Phi) is 5.42. The Labute approximate surface area is 156 Å². The van der Waals surface area contributed by atoms with Gasteiger partial charge in [0.1, 0.15) is 11.4 Å². The van der Waals surface area contributed by atoms with Gasteiger partial charge in [-0.05, 0) is 38.3 Å². The molecule has 0 bridgehead atoms. The van der Waals surface area contributed by atoms with Crippen molar-refractivity contribution < 1.29 is 9.53 Å². The van der Waals surface area contributed by atoms with Crippen LogP contribution >= 0.6 is 0 Å². The molecule has 0 aliphatic carbocycles. The molecule has 1 aromatic rings. The van der Waals surface area contributed by atoms with Gasteiger partial charge >= 0.3 is 6.09 Å². The number of amides is 1. The van der Waals surface area contributed by atoms with E-state index in [1.54, 1.807) is 4.90 Å². The van der Waals surface area contributed by atoms with Crippen LogP contribution in [0, 0.1) is 5.92 Å². The highest BCUT2D eigenvalue weighted by molar-refractivity contribution is 5.68.